The van der Waals surface area contributed by atoms with Crippen molar-refractivity contribution in [1.29, 1.82) is 0 Å². The molecule has 1 aromatic carbocycles. The number of ether oxygens (including phenoxy) is 1. The normalized spacial score (nSPS) is 11.2. The Balaban J connectivity index is 2.08. The van der Waals surface area contributed by atoms with Crippen LogP contribution in [0.25, 0.3) is 11.1 Å². The number of methoxy groups -OCH3 is 1. The molecule has 0 aliphatic heterocycles. The molecular weight excluding hydrogens is 354 g/mol. The zero-order valence-corrected chi connectivity index (χ0v) is 16.1. The van der Waals surface area contributed by atoms with Crippen molar-refractivity contribution in [2.45, 2.75) is 33.6 Å². The summed E-state index contributed by atoms with van der Waals surface area (Å²) in [6, 6.07) is 5.24. The van der Waals surface area contributed by atoms with Gasteiger partial charge in [-0.3, -0.25) is 4.79 Å². The molecule has 0 aliphatic carbocycles. The summed E-state index contributed by atoms with van der Waals surface area (Å²) in [5, 5.41) is 8.03. The van der Waals surface area contributed by atoms with E-state index in [1.165, 1.54) is 7.11 Å². The standard InChI is InChI=1S/C19H20ClN3O3/c1-9(2)14-7-12(17-11(4)23-26-19(17)22-14)18(24)21-15-6-10(3)13(20)8-16(15)25-5/h6-9H,1-5H3,(H,21,24). The molecule has 0 aliphatic rings. The molecule has 6 nitrogen and oxygen atoms in total. The number of halogens is 1. The lowest BCUT2D eigenvalue weighted by molar-refractivity contribution is 0.102. The van der Waals surface area contributed by atoms with Crippen LogP contribution in [0.2, 0.25) is 5.02 Å². The van der Waals surface area contributed by atoms with Gasteiger partial charge >= 0.3 is 0 Å². The fourth-order valence-corrected chi connectivity index (χ4v) is 2.86. The molecule has 0 fully saturated rings. The third kappa shape index (κ3) is 3.24. The smallest absolute Gasteiger partial charge is 0.259 e. The fourth-order valence-electron chi connectivity index (χ4n) is 2.71. The molecule has 0 spiro atoms. The number of anilines is 1. The van der Waals surface area contributed by atoms with Gasteiger partial charge in [-0.1, -0.05) is 30.6 Å². The monoisotopic (exact) mass is 373 g/mol. The number of nitrogens with one attached hydrogen (secondary N) is 1. The maximum atomic E-state index is 13.0. The highest BCUT2D eigenvalue weighted by molar-refractivity contribution is 6.31. The number of carbonyl (C=O) groups excluding carboxylic acids is 1. The van der Waals surface area contributed by atoms with Crippen molar-refractivity contribution in [3.63, 3.8) is 0 Å². The largest absolute Gasteiger partial charge is 0.495 e. The second-order valence-electron chi connectivity index (χ2n) is 6.45. The first kappa shape index (κ1) is 18.2. The van der Waals surface area contributed by atoms with Gasteiger partial charge in [0.1, 0.15) is 5.75 Å². The van der Waals surface area contributed by atoms with Gasteiger partial charge in [-0.25, -0.2) is 4.98 Å². The Labute approximate surface area is 156 Å². The number of amides is 1. The van der Waals surface area contributed by atoms with Crippen LogP contribution in [-0.4, -0.2) is 23.2 Å². The molecule has 0 bridgehead atoms. The molecule has 0 unspecified atom stereocenters. The van der Waals surface area contributed by atoms with Gasteiger partial charge in [0.2, 0.25) is 0 Å². The zero-order valence-electron chi connectivity index (χ0n) is 15.3. The minimum atomic E-state index is -0.286. The highest BCUT2D eigenvalue weighted by atomic mass is 35.5. The van der Waals surface area contributed by atoms with Crippen molar-refractivity contribution in [2.24, 2.45) is 0 Å². The molecule has 2 aromatic heterocycles. The molecule has 0 atom stereocenters. The second kappa shape index (κ2) is 6.96. The van der Waals surface area contributed by atoms with Crippen LogP contribution >= 0.6 is 11.6 Å². The lowest BCUT2D eigenvalue weighted by Gasteiger charge is -2.13. The SMILES string of the molecule is COc1cc(Cl)c(C)cc1NC(=O)c1cc(C(C)C)nc2onc(C)c12. The number of pyridine rings is 1. The van der Waals surface area contributed by atoms with Crippen LogP contribution in [0.3, 0.4) is 0 Å². The molecule has 3 rings (SSSR count). The Kier molecular flexibility index (Phi) is 4.87. The number of fused-ring (bicyclic) bond motifs is 1. The Morgan fingerprint density at radius 2 is 2.00 bits per heavy atom. The number of hydrogen-bond donors (Lipinski definition) is 1. The zero-order chi connectivity index (χ0) is 19.0. The van der Waals surface area contributed by atoms with Gasteiger partial charge in [-0.2, -0.15) is 0 Å². The van der Waals surface area contributed by atoms with Crippen molar-refractivity contribution in [2.75, 3.05) is 12.4 Å². The van der Waals surface area contributed by atoms with Gasteiger partial charge < -0.3 is 14.6 Å². The van der Waals surface area contributed by atoms with Crippen LogP contribution in [-0.2, 0) is 0 Å². The molecule has 0 saturated carbocycles. The van der Waals surface area contributed by atoms with E-state index in [-0.39, 0.29) is 11.8 Å². The maximum Gasteiger partial charge on any atom is 0.259 e. The lowest BCUT2D eigenvalue weighted by Crippen LogP contribution is -2.14. The van der Waals surface area contributed by atoms with Crippen molar-refractivity contribution >= 4 is 34.3 Å². The van der Waals surface area contributed by atoms with Crippen molar-refractivity contribution in [3.8, 4) is 5.75 Å². The van der Waals surface area contributed by atoms with E-state index in [0.717, 1.165) is 11.3 Å². The van der Waals surface area contributed by atoms with Crippen molar-refractivity contribution in [1.82, 2.24) is 10.1 Å². The molecule has 1 amide bonds. The summed E-state index contributed by atoms with van der Waals surface area (Å²) in [7, 11) is 1.53. The quantitative estimate of drug-likeness (QED) is 0.705. The first-order chi connectivity index (χ1) is 12.3. The predicted molar refractivity (Wildman–Crippen MR) is 101 cm³/mol. The van der Waals surface area contributed by atoms with E-state index < -0.39 is 0 Å². The minimum Gasteiger partial charge on any atom is -0.495 e. The summed E-state index contributed by atoms with van der Waals surface area (Å²) in [6.45, 7) is 7.66. The Morgan fingerprint density at radius 3 is 2.65 bits per heavy atom. The van der Waals surface area contributed by atoms with E-state index in [0.29, 0.717) is 38.8 Å². The molecule has 1 N–H and O–H groups in total. The molecule has 2 heterocycles. The van der Waals surface area contributed by atoms with Crippen molar-refractivity contribution in [3.05, 3.63) is 45.7 Å². The van der Waals surface area contributed by atoms with Crippen LogP contribution in [0.1, 0.15) is 47.1 Å². The first-order valence-electron chi connectivity index (χ1n) is 8.24. The number of aromatic nitrogens is 2. The number of benzene rings is 1. The van der Waals surface area contributed by atoms with Gasteiger partial charge in [-0.15, -0.1) is 0 Å². The Bertz CT molecular complexity index is 995. The van der Waals surface area contributed by atoms with Crippen molar-refractivity contribution < 1.29 is 14.1 Å². The van der Waals surface area contributed by atoms with Crippen LogP contribution in [0.5, 0.6) is 5.75 Å². The first-order valence-corrected chi connectivity index (χ1v) is 8.62. The summed E-state index contributed by atoms with van der Waals surface area (Å²) in [4.78, 5) is 17.5. The minimum absolute atomic E-state index is 0.142. The average Bonchev–Trinajstić information content (AvgIpc) is 2.98. The van der Waals surface area contributed by atoms with Crippen LogP contribution < -0.4 is 10.1 Å². The molecule has 0 radical (unpaired) electrons. The molecule has 136 valence electrons. The van der Waals surface area contributed by atoms with E-state index in [2.05, 4.69) is 15.5 Å². The van der Waals surface area contributed by atoms with Gasteiger partial charge in [0.15, 0.2) is 0 Å². The summed E-state index contributed by atoms with van der Waals surface area (Å²) >= 11 is 6.14. The van der Waals surface area contributed by atoms with E-state index in [4.69, 9.17) is 20.9 Å². The van der Waals surface area contributed by atoms with Gasteiger partial charge in [0.05, 0.1) is 29.4 Å². The van der Waals surface area contributed by atoms with E-state index in [1.807, 2.05) is 20.8 Å². The Morgan fingerprint density at radius 1 is 1.27 bits per heavy atom. The molecule has 0 saturated heterocycles. The molecule has 7 heteroatoms. The summed E-state index contributed by atoms with van der Waals surface area (Å²) < 4.78 is 10.6. The second-order valence-corrected chi connectivity index (χ2v) is 6.86. The van der Waals surface area contributed by atoms with Gasteiger partial charge in [0.25, 0.3) is 11.6 Å². The summed E-state index contributed by atoms with van der Waals surface area (Å²) in [6.07, 6.45) is 0. The maximum absolute atomic E-state index is 13.0. The summed E-state index contributed by atoms with van der Waals surface area (Å²) in [5.74, 6) is 0.347. The molecule has 3 aromatic rings. The fraction of sp³-hybridized carbons (Fsp3) is 0.316. The van der Waals surface area contributed by atoms with E-state index in [1.54, 1.807) is 25.1 Å². The Hall–Kier alpha value is -2.60. The van der Waals surface area contributed by atoms with Crippen LogP contribution in [0.4, 0.5) is 5.69 Å². The third-order valence-corrected chi connectivity index (χ3v) is 4.61. The topological polar surface area (TPSA) is 77.2 Å². The number of hydrogen-bond acceptors (Lipinski definition) is 5. The number of nitrogens with zero attached hydrogens (tertiary/aromatic N) is 2. The van der Waals surface area contributed by atoms with Gasteiger partial charge in [-0.05, 0) is 37.5 Å². The number of rotatable bonds is 4. The van der Waals surface area contributed by atoms with E-state index in [9.17, 15) is 4.79 Å². The highest BCUT2D eigenvalue weighted by Crippen LogP contribution is 2.32. The van der Waals surface area contributed by atoms with E-state index >= 15 is 0 Å². The highest BCUT2D eigenvalue weighted by Gasteiger charge is 2.21. The third-order valence-electron chi connectivity index (χ3n) is 4.20. The van der Waals surface area contributed by atoms with Crippen LogP contribution in [0.15, 0.2) is 22.7 Å². The molecule has 26 heavy (non-hydrogen) atoms. The average molecular weight is 374 g/mol. The molecular formula is C19H20ClN3O3. The number of carbonyl (C=O) groups is 1. The summed E-state index contributed by atoms with van der Waals surface area (Å²) in [5.41, 5.74) is 3.59. The number of aryl methyl sites for hydroxylation is 2. The van der Waals surface area contributed by atoms with Gasteiger partial charge in [0, 0.05) is 16.8 Å². The van der Waals surface area contributed by atoms with Crippen LogP contribution in [0, 0.1) is 13.8 Å². The predicted octanol–water partition coefficient (Wildman–Crippen LogP) is 4.88. The lowest BCUT2D eigenvalue weighted by atomic mass is 10.0.